The van der Waals surface area contributed by atoms with Crippen LogP contribution in [0.25, 0.3) is 0 Å². The van der Waals surface area contributed by atoms with Gasteiger partial charge in [-0.3, -0.25) is 11.3 Å². The van der Waals surface area contributed by atoms with E-state index in [4.69, 9.17) is 5.84 Å². The average molecular weight is 212 g/mol. The Morgan fingerprint density at radius 3 is 2.47 bits per heavy atom. The molecule has 0 saturated heterocycles. The minimum Gasteiger partial charge on any atom is -0.271 e. The Kier molecular flexibility index (Phi) is 5.62. The van der Waals surface area contributed by atoms with E-state index in [-0.39, 0.29) is 0 Å². The van der Waals surface area contributed by atoms with Gasteiger partial charge in [0, 0.05) is 6.04 Å². The molecule has 1 aliphatic rings. The third-order valence-electron chi connectivity index (χ3n) is 4.00. The van der Waals surface area contributed by atoms with Gasteiger partial charge in [-0.1, -0.05) is 33.6 Å². The van der Waals surface area contributed by atoms with Gasteiger partial charge in [0.25, 0.3) is 0 Å². The van der Waals surface area contributed by atoms with Crippen molar-refractivity contribution in [3.8, 4) is 0 Å². The Labute approximate surface area is 95.0 Å². The van der Waals surface area contributed by atoms with Crippen LogP contribution < -0.4 is 11.3 Å². The van der Waals surface area contributed by atoms with Crippen molar-refractivity contribution in [1.82, 2.24) is 5.43 Å². The van der Waals surface area contributed by atoms with E-state index >= 15 is 0 Å². The van der Waals surface area contributed by atoms with E-state index < -0.39 is 0 Å². The first kappa shape index (κ1) is 13.0. The van der Waals surface area contributed by atoms with Crippen LogP contribution in [-0.4, -0.2) is 6.04 Å². The van der Waals surface area contributed by atoms with E-state index in [0.717, 1.165) is 17.8 Å². The van der Waals surface area contributed by atoms with Crippen LogP contribution in [0.4, 0.5) is 0 Å². The molecule has 2 heteroatoms. The van der Waals surface area contributed by atoms with Crippen LogP contribution in [0.2, 0.25) is 0 Å². The lowest BCUT2D eigenvalue weighted by atomic mass is 9.91. The third kappa shape index (κ3) is 4.12. The summed E-state index contributed by atoms with van der Waals surface area (Å²) in [6, 6.07) is 0.559. The fourth-order valence-corrected chi connectivity index (χ4v) is 2.82. The zero-order chi connectivity index (χ0) is 11.3. The van der Waals surface area contributed by atoms with Gasteiger partial charge in [0.1, 0.15) is 0 Å². The standard InChI is InChI=1S/C13H28N2/c1-4-11-6-7-12(9-11)13(15-14)8-5-10(2)3/h10-13,15H,4-9,14H2,1-3H3. The van der Waals surface area contributed by atoms with Crippen molar-refractivity contribution in [3.05, 3.63) is 0 Å². The summed E-state index contributed by atoms with van der Waals surface area (Å²) < 4.78 is 0. The summed E-state index contributed by atoms with van der Waals surface area (Å²) in [7, 11) is 0. The highest BCUT2D eigenvalue weighted by molar-refractivity contribution is 4.83. The lowest BCUT2D eigenvalue weighted by Crippen LogP contribution is -2.40. The van der Waals surface area contributed by atoms with Crippen molar-refractivity contribution >= 4 is 0 Å². The SMILES string of the molecule is CCC1CCC(C(CCC(C)C)NN)C1. The van der Waals surface area contributed by atoms with Crippen molar-refractivity contribution in [2.45, 2.75) is 65.3 Å². The second kappa shape index (κ2) is 6.49. The number of hydrogen-bond acceptors (Lipinski definition) is 2. The van der Waals surface area contributed by atoms with Crippen LogP contribution in [-0.2, 0) is 0 Å². The summed E-state index contributed by atoms with van der Waals surface area (Å²) in [6.07, 6.45) is 8.07. The number of nitrogens with one attached hydrogen (secondary N) is 1. The highest BCUT2D eigenvalue weighted by Gasteiger charge is 2.29. The molecule has 1 saturated carbocycles. The van der Waals surface area contributed by atoms with E-state index in [9.17, 15) is 0 Å². The predicted octanol–water partition coefficient (Wildman–Crippen LogP) is 3.08. The van der Waals surface area contributed by atoms with Gasteiger partial charge in [0.15, 0.2) is 0 Å². The fourth-order valence-electron chi connectivity index (χ4n) is 2.82. The first-order chi connectivity index (χ1) is 7.17. The van der Waals surface area contributed by atoms with Crippen molar-refractivity contribution in [3.63, 3.8) is 0 Å². The predicted molar refractivity (Wildman–Crippen MR) is 66.3 cm³/mol. The molecular weight excluding hydrogens is 184 g/mol. The van der Waals surface area contributed by atoms with Gasteiger partial charge in [0.05, 0.1) is 0 Å². The largest absolute Gasteiger partial charge is 0.271 e. The summed E-state index contributed by atoms with van der Waals surface area (Å²) in [5.74, 6) is 8.27. The van der Waals surface area contributed by atoms with Crippen molar-refractivity contribution in [1.29, 1.82) is 0 Å². The van der Waals surface area contributed by atoms with E-state index in [1.807, 2.05) is 0 Å². The molecule has 0 spiro atoms. The quantitative estimate of drug-likeness (QED) is 0.524. The zero-order valence-corrected chi connectivity index (χ0v) is 10.6. The molecule has 2 nitrogen and oxygen atoms in total. The molecule has 1 rings (SSSR count). The van der Waals surface area contributed by atoms with Gasteiger partial charge in [-0.2, -0.15) is 0 Å². The van der Waals surface area contributed by atoms with Gasteiger partial charge in [-0.15, -0.1) is 0 Å². The van der Waals surface area contributed by atoms with Gasteiger partial charge in [0.2, 0.25) is 0 Å². The van der Waals surface area contributed by atoms with Gasteiger partial charge in [-0.05, 0) is 43.4 Å². The highest BCUT2D eigenvalue weighted by atomic mass is 15.2. The minimum atomic E-state index is 0.559. The van der Waals surface area contributed by atoms with E-state index in [0.29, 0.717) is 6.04 Å². The molecule has 0 aromatic carbocycles. The van der Waals surface area contributed by atoms with Crippen molar-refractivity contribution < 1.29 is 0 Å². The summed E-state index contributed by atoms with van der Waals surface area (Å²) in [4.78, 5) is 0. The average Bonchev–Trinajstić information content (AvgIpc) is 2.67. The summed E-state index contributed by atoms with van der Waals surface area (Å²) in [5, 5.41) is 0. The first-order valence-corrected chi connectivity index (χ1v) is 6.63. The van der Waals surface area contributed by atoms with Crippen LogP contribution in [0.3, 0.4) is 0 Å². The molecule has 15 heavy (non-hydrogen) atoms. The van der Waals surface area contributed by atoms with Crippen LogP contribution in [0, 0.1) is 17.8 Å². The molecule has 3 unspecified atom stereocenters. The lowest BCUT2D eigenvalue weighted by molar-refractivity contribution is 0.315. The second-order valence-electron chi connectivity index (χ2n) is 5.59. The molecule has 0 aliphatic heterocycles. The topological polar surface area (TPSA) is 38.0 Å². The molecular formula is C13H28N2. The fraction of sp³-hybridized carbons (Fsp3) is 1.00. The van der Waals surface area contributed by atoms with Crippen molar-refractivity contribution in [2.24, 2.45) is 23.6 Å². The highest BCUT2D eigenvalue weighted by Crippen LogP contribution is 2.36. The van der Waals surface area contributed by atoms with Crippen LogP contribution >= 0.6 is 0 Å². The Morgan fingerprint density at radius 2 is 2.00 bits per heavy atom. The summed E-state index contributed by atoms with van der Waals surface area (Å²) in [5.41, 5.74) is 3.04. The Hall–Kier alpha value is -0.0800. The monoisotopic (exact) mass is 212 g/mol. The van der Waals surface area contributed by atoms with Gasteiger partial charge >= 0.3 is 0 Å². The molecule has 0 amide bonds. The Morgan fingerprint density at radius 1 is 1.27 bits per heavy atom. The molecule has 0 aromatic heterocycles. The smallest absolute Gasteiger partial charge is 0.0238 e. The molecule has 0 bridgehead atoms. The molecule has 3 N–H and O–H groups in total. The molecule has 3 atom stereocenters. The maximum absolute atomic E-state index is 5.68. The van der Waals surface area contributed by atoms with E-state index in [1.54, 1.807) is 0 Å². The van der Waals surface area contributed by atoms with Gasteiger partial charge in [-0.25, -0.2) is 0 Å². The number of nitrogens with two attached hydrogens (primary N) is 1. The molecule has 90 valence electrons. The zero-order valence-electron chi connectivity index (χ0n) is 10.6. The lowest BCUT2D eigenvalue weighted by Gasteiger charge is -2.23. The number of hydrogen-bond donors (Lipinski definition) is 2. The van der Waals surface area contributed by atoms with Gasteiger partial charge < -0.3 is 0 Å². The van der Waals surface area contributed by atoms with Crippen LogP contribution in [0.15, 0.2) is 0 Å². The van der Waals surface area contributed by atoms with Crippen molar-refractivity contribution in [2.75, 3.05) is 0 Å². The number of rotatable bonds is 6. The van der Waals surface area contributed by atoms with Crippen LogP contribution in [0.1, 0.15) is 59.3 Å². The summed E-state index contributed by atoms with van der Waals surface area (Å²) >= 11 is 0. The third-order valence-corrected chi connectivity index (χ3v) is 4.00. The number of hydrazine groups is 1. The Balaban J connectivity index is 2.32. The van der Waals surface area contributed by atoms with E-state index in [1.165, 1.54) is 38.5 Å². The molecule has 1 aliphatic carbocycles. The molecule has 1 fully saturated rings. The molecule has 0 radical (unpaired) electrons. The summed E-state index contributed by atoms with van der Waals surface area (Å²) in [6.45, 7) is 6.89. The maximum atomic E-state index is 5.68. The van der Waals surface area contributed by atoms with E-state index in [2.05, 4.69) is 26.2 Å². The molecule has 0 heterocycles. The maximum Gasteiger partial charge on any atom is 0.0238 e. The van der Waals surface area contributed by atoms with Crippen LogP contribution in [0.5, 0.6) is 0 Å². The Bertz CT molecular complexity index is 168. The second-order valence-corrected chi connectivity index (χ2v) is 5.59. The normalized spacial score (nSPS) is 28.6. The molecule has 0 aromatic rings. The minimum absolute atomic E-state index is 0.559. The first-order valence-electron chi connectivity index (χ1n) is 6.63.